The second-order valence-electron chi connectivity index (χ2n) is 12.8. The second-order valence-corrected chi connectivity index (χ2v) is 12.8. The molecule has 0 saturated carbocycles. The molecule has 1 aromatic heterocycles. The van der Waals surface area contributed by atoms with Gasteiger partial charge in [0, 0.05) is 54.8 Å². The molecule has 0 bridgehead atoms. The summed E-state index contributed by atoms with van der Waals surface area (Å²) in [6, 6.07) is -0.00650. The third-order valence-corrected chi connectivity index (χ3v) is 7.61. The first kappa shape index (κ1) is 33.2. The Bertz CT molecular complexity index is 875. The van der Waals surface area contributed by atoms with Gasteiger partial charge in [-0.05, 0) is 73.1 Å². The lowest BCUT2D eigenvalue weighted by atomic mass is 9.79. The van der Waals surface area contributed by atoms with Crippen LogP contribution >= 0.6 is 0 Å². The molecule has 0 aromatic carbocycles. The Balaban J connectivity index is 2.58. The lowest BCUT2D eigenvalue weighted by Crippen LogP contribution is -2.63. The van der Waals surface area contributed by atoms with Gasteiger partial charge in [-0.2, -0.15) is 9.97 Å². The van der Waals surface area contributed by atoms with Crippen molar-refractivity contribution in [2.75, 3.05) is 18.0 Å². The van der Waals surface area contributed by atoms with Crippen LogP contribution < -0.4 is 10.2 Å². The fraction of sp³-hybridized carbons (Fsp3) is 0.812. The maximum absolute atomic E-state index is 14.3. The van der Waals surface area contributed by atoms with Gasteiger partial charge in [0.05, 0.1) is 0 Å². The Hall–Kier alpha value is -2.02. The monoisotopic (exact) mass is 542 g/mol. The SMILES string of the molecule is CCCCc1nc(CCCC)nc(N(C(=O)C=C(C)N(CCCC)CCCC)C2CC(C)(C)NC(C)(C)C2)n1. The maximum Gasteiger partial charge on any atom is 0.255 e. The van der Waals surface area contributed by atoms with E-state index in [1.165, 1.54) is 0 Å². The van der Waals surface area contributed by atoms with Crippen molar-refractivity contribution in [2.45, 2.75) is 156 Å². The van der Waals surface area contributed by atoms with Gasteiger partial charge in [0.2, 0.25) is 5.95 Å². The van der Waals surface area contributed by atoms with Crippen molar-refractivity contribution in [3.8, 4) is 0 Å². The van der Waals surface area contributed by atoms with Crippen molar-refractivity contribution in [1.29, 1.82) is 0 Å². The first-order valence-electron chi connectivity index (χ1n) is 15.7. The van der Waals surface area contributed by atoms with Crippen LogP contribution in [0.3, 0.4) is 0 Å². The fourth-order valence-electron chi connectivity index (χ4n) is 5.85. The van der Waals surface area contributed by atoms with Gasteiger partial charge in [0.15, 0.2) is 0 Å². The Labute approximate surface area is 239 Å². The molecular formula is C32H58N6O. The molecule has 1 fully saturated rings. The zero-order valence-corrected chi connectivity index (χ0v) is 26.7. The highest BCUT2D eigenvalue weighted by atomic mass is 16.2. The summed E-state index contributed by atoms with van der Waals surface area (Å²) in [6.07, 6.45) is 13.9. The molecule has 222 valence electrons. The molecule has 7 nitrogen and oxygen atoms in total. The van der Waals surface area contributed by atoms with Gasteiger partial charge >= 0.3 is 0 Å². The number of piperidine rings is 1. The van der Waals surface area contributed by atoms with E-state index in [0.29, 0.717) is 5.95 Å². The van der Waals surface area contributed by atoms with E-state index in [2.05, 4.69) is 72.5 Å². The van der Waals surface area contributed by atoms with E-state index in [9.17, 15) is 4.79 Å². The number of hydrogen-bond acceptors (Lipinski definition) is 6. The normalized spacial score (nSPS) is 17.3. The molecule has 0 atom stereocenters. The number of allylic oxidation sites excluding steroid dienone is 1. The topological polar surface area (TPSA) is 74.2 Å². The van der Waals surface area contributed by atoms with Crippen LogP contribution in [0.2, 0.25) is 0 Å². The van der Waals surface area contributed by atoms with Crippen molar-refractivity contribution in [3.63, 3.8) is 0 Å². The predicted octanol–water partition coefficient (Wildman–Crippen LogP) is 7.01. The smallest absolute Gasteiger partial charge is 0.255 e. The number of amides is 1. The Morgan fingerprint density at radius 1 is 0.821 bits per heavy atom. The molecule has 0 radical (unpaired) electrons. The highest BCUT2D eigenvalue weighted by Crippen LogP contribution is 2.33. The quantitative estimate of drug-likeness (QED) is 0.227. The molecule has 2 rings (SSSR count). The minimum Gasteiger partial charge on any atom is -0.375 e. The number of aryl methyl sites for hydroxylation is 2. The summed E-state index contributed by atoms with van der Waals surface area (Å²) in [4.78, 5) is 33.3. The summed E-state index contributed by atoms with van der Waals surface area (Å²) in [5, 5.41) is 3.78. The predicted molar refractivity (Wildman–Crippen MR) is 164 cm³/mol. The number of hydrogen-bond donors (Lipinski definition) is 1. The number of nitrogens with zero attached hydrogens (tertiary/aromatic N) is 5. The van der Waals surface area contributed by atoms with Crippen LogP contribution in [0, 0.1) is 0 Å². The zero-order valence-electron chi connectivity index (χ0n) is 26.7. The third-order valence-electron chi connectivity index (χ3n) is 7.61. The zero-order chi connectivity index (χ0) is 29.1. The van der Waals surface area contributed by atoms with Crippen molar-refractivity contribution in [1.82, 2.24) is 25.2 Å². The number of unbranched alkanes of at least 4 members (excludes halogenated alkanes) is 4. The summed E-state index contributed by atoms with van der Waals surface area (Å²) < 4.78 is 0. The molecule has 39 heavy (non-hydrogen) atoms. The van der Waals surface area contributed by atoms with E-state index in [-0.39, 0.29) is 23.0 Å². The highest BCUT2D eigenvalue weighted by Gasteiger charge is 2.42. The highest BCUT2D eigenvalue weighted by molar-refractivity contribution is 6.01. The molecule has 0 spiro atoms. The fourth-order valence-corrected chi connectivity index (χ4v) is 5.85. The standard InChI is InChI=1S/C32H58N6O/c1-10-14-18-27-33-28(19-15-11-2)35-30(34-27)38(26-23-31(6,7)36-32(8,9)24-26)29(39)22-25(5)37(20-16-12-3)21-17-13-4/h22,26,36H,10-21,23-24H2,1-9H3. The van der Waals surface area contributed by atoms with Gasteiger partial charge in [-0.15, -0.1) is 0 Å². The molecular weight excluding hydrogens is 484 g/mol. The molecule has 7 heteroatoms. The van der Waals surface area contributed by atoms with Crippen molar-refractivity contribution >= 4 is 11.9 Å². The lowest BCUT2D eigenvalue weighted by molar-refractivity contribution is -0.115. The number of anilines is 1. The van der Waals surface area contributed by atoms with Gasteiger partial charge in [0.1, 0.15) is 11.6 Å². The van der Waals surface area contributed by atoms with Gasteiger partial charge in [0.25, 0.3) is 5.91 Å². The van der Waals surface area contributed by atoms with Crippen molar-refractivity contribution in [3.05, 3.63) is 23.4 Å². The second kappa shape index (κ2) is 15.7. The first-order valence-corrected chi connectivity index (χ1v) is 15.7. The van der Waals surface area contributed by atoms with Crippen LogP contribution in [0.1, 0.15) is 138 Å². The van der Waals surface area contributed by atoms with Gasteiger partial charge in [-0.1, -0.05) is 53.4 Å². The summed E-state index contributed by atoms with van der Waals surface area (Å²) in [5.74, 6) is 2.14. The molecule has 0 aliphatic carbocycles. The Morgan fingerprint density at radius 3 is 1.72 bits per heavy atom. The summed E-state index contributed by atoms with van der Waals surface area (Å²) in [5.41, 5.74) is 0.813. The van der Waals surface area contributed by atoms with E-state index < -0.39 is 0 Å². The van der Waals surface area contributed by atoms with Crippen LogP contribution in [0.25, 0.3) is 0 Å². The van der Waals surface area contributed by atoms with Crippen LogP contribution in [0.15, 0.2) is 11.8 Å². The minimum absolute atomic E-state index is 0.00650. The number of nitrogens with one attached hydrogen (secondary N) is 1. The molecule has 1 N–H and O–H groups in total. The van der Waals surface area contributed by atoms with E-state index in [1.54, 1.807) is 0 Å². The molecule has 1 saturated heterocycles. The molecule has 0 unspecified atom stereocenters. The average Bonchev–Trinajstić information content (AvgIpc) is 2.84. The average molecular weight is 543 g/mol. The summed E-state index contributed by atoms with van der Waals surface area (Å²) in [7, 11) is 0. The molecule has 1 aliphatic rings. The minimum atomic E-state index is -0.110. The van der Waals surface area contributed by atoms with Gasteiger partial charge in [-0.25, -0.2) is 4.98 Å². The van der Waals surface area contributed by atoms with Crippen LogP contribution in [-0.4, -0.2) is 56.0 Å². The molecule has 1 amide bonds. The summed E-state index contributed by atoms with van der Waals surface area (Å²) >= 11 is 0. The van der Waals surface area contributed by atoms with E-state index in [0.717, 1.165) is 107 Å². The first-order chi connectivity index (χ1) is 18.4. The van der Waals surface area contributed by atoms with Gasteiger partial charge < -0.3 is 10.2 Å². The molecule has 1 aliphatic heterocycles. The number of carbonyl (C=O) groups is 1. The summed E-state index contributed by atoms with van der Waals surface area (Å²) in [6.45, 7) is 21.8. The van der Waals surface area contributed by atoms with E-state index >= 15 is 0 Å². The van der Waals surface area contributed by atoms with Crippen LogP contribution in [0.5, 0.6) is 0 Å². The third kappa shape index (κ3) is 10.8. The number of aromatic nitrogens is 3. The number of carbonyl (C=O) groups excluding carboxylic acids is 1. The largest absolute Gasteiger partial charge is 0.375 e. The van der Waals surface area contributed by atoms with Crippen molar-refractivity contribution < 1.29 is 4.79 Å². The van der Waals surface area contributed by atoms with Crippen LogP contribution in [0.4, 0.5) is 5.95 Å². The lowest BCUT2D eigenvalue weighted by Gasteiger charge is -2.49. The molecule has 2 heterocycles. The van der Waals surface area contributed by atoms with Gasteiger partial charge in [-0.3, -0.25) is 9.69 Å². The van der Waals surface area contributed by atoms with E-state index in [4.69, 9.17) is 15.0 Å². The molecule has 1 aromatic rings. The Morgan fingerprint density at radius 2 is 1.28 bits per heavy atom. The Kier molecular flexibility index (Phi) is 13.3. The van der Waals surface area contributed by atoms with E-state index in [1.807, 2.05) is 11.0 Å². The van der Waals surface area contributed by atoms with Crippen molar-refractivity contribution in [2.24, 2.45) is 0 Å². The maximum atomic E-state index is 14.3. The number of rotatable bonds is 16. The van der Waals surface area contributed by atoms with Crippen LogP contribution in [-0.2, 0) is 17.6 Å².